The number of carboxylic acid groups (broad SMARTS) is 1. The smallest absolute Gasteiger partial charge is 0.303 e. The Balaban J connectivity index is 1.98. The van der Waals surface area contributed by atoms with Crippen LogP contribution in [0.25, 0.3) is 0 Å². The molecule has 0 aliphatic rings. The van der Waals surface area contributed by atoms with Crippen molar-refractivity contribution in [1.82, 2.24) is 0 Å². The molecule has 5 heteroatoms. The van der Waals surface area contributed by atoms with E-state index in [0.717, 1.165) is 0 Å². The van der Waals surface area contributed by atoms with Gasteiger partial charge in [0.05, 0.1) is 6.42 Å². The van der Waals surface area contributed by atoms with Gasteiger partial charge in [-0.2, -0.15) is 0 Å². The van der Waals surface area contributed by atoms with E-state index in [0.29, 0.717) is 11.4 Å². The Labute approximate surface area is 109 Å². The third-order valence-corrected chi connectivity index (χ3v) is 2.50. The van der Waals surface area contributed by atoms with Gasteiger partial charge in [-0.15, -0.1) is 0 Å². The number of nitrogens with one attached hydrogen (secondary N) is 1. The maximum atomic E-state index is 11.8. The summed E-state index contributed by atoms with van der Waals surface area (Å²) < 4.78 is 5.29. The number of amides is 1. The number of anilines is 1. The molecule has 0 unspecified atom stereocenters. The molecule has 0 bridgehead atoms. The van der Waals surface area contributed by atoms with Crippen LogP contribution in [0.4, 0.5) is 5.69 Å². The van der Waals surface area contributed by atoms with Gasteiger partial charge in [0.2, 0.25) is 0 Å². The summed E-state index contributed by atoms with van der Waals surface area (Å²) in [5.74, 6) is -0.593. The zero-order chi connectivity index (χ0) is 13.7. The zero-order valence-corrected chi connectivity index (χ0v) is 10.1. The first-order valence-corrected chi connectivity index (χ1v) is 5.82. The Morgan fingerprint density at radius 2 is 1.84 bits per heavy atom. The molecule has 0 saturated heterocycles. The van der Waals surface area contributed by atoms with E-state index in [4.69, 9.17) is 9.52 Å². The second-order valence-electron chi connectivity index (χ2n) is 3.98. The van der Waals surface area contributed by atoms with Gasteiger partial charge in [0.25, 0.3) is 5.91 Å². The third-order valence-electron chi connectivity index (χ3n) is 2.50. The van der Waals surface area contributed by atoms with Crippen molar-refractivity contribution in [2.75, 3.05) is 5.32 Å². The molecule has 0 spiro atoms. The van der Waals surface area contributed by atoms with Crippen molar-refractivity contribution in [3.8, 4) is 0 Å². The van der Waals surface area contributed by atoms with Crippen LogP contribution in [0, 0.1) is 0 Å². The number of benzene rings is 1. The summed E-state index contributed by atoms with van der Waals surface area (Å²) >= 11 is 0. The van der Waals surface area contributed by atoms with Crippen molar-refractivity contribution in [3.05, 3.63) is 54.0 Å². The summed E-state index contributed by atoms with van der Waals surface area (Å²) in [7, 11) is 0. The largest absolute Gasteiger partial charge is 0.481 e. The number of aryl methyl sites for hydroxylation is 1. The van der Waals surface area contributed by atoms with Crippen LogP contribution in [0.15, 0.2) is 46.9 Å². The summed E-state index contributed by atoms with van der Waals surface area (Å²) in [6.45, 7) is 0. The maximum absolute atomic E-state index is 11.8. The lowest BCUT2D eigenvalue weighted by atomic mass is 10.2. The van der Waals surface area contributed by atoms with Gasteiger partial charge in [-0.1, -0.05) is 18.2 Å². The minimum absolute atomic E-state index is 0.0206. The van der Waals surface area contributed by atoms with Gasteiger partial charge in [-0.25, -0.2) is 0 Å². The average Bonchev–Trinajstić information content (AvgIpc) is 2.86. The first-order chi connectivity index (χ1) is 9.15. The molecule has 0 saturated carbocycles. The molecule has 0 aliphatic heterocycles. The summed E-state index contributed by atoms with van der Waals surface area (Å²) in [5.41, 5.74) is 0.677. The topological polar surface area (TPSA) is 79.5 Å². The van der Waals surface area contributed by atoms with Gasteiger partial charge >= 0.3 is 5.97 Å². The van der Waals surface area contributed by atoms with E-state index in [9.17, 15) is 9.59 Å². The molecule has 0 fully saturated rings. The van der Waals surface area contributed by atoms with Crippen LogP contribution in [0.5, 0.6) is 0 Å². The molecular formula is C14H13NO4. The fourth-order valence-electron chi connectivity index (χ4n) is 1.58. The summed E-state index contributed by atoms with van der Waals surface area (Å²) in [6, 6.07) is 12.2. The number of hydrogen-bond donors (Lipinski definition) is 2. The minimum atomic E-state index is -0.897. The molecule has 5 nitrogen and oxygen atoms in total. The zero-order valence-electron chi connectivity index (χ0n) is 10.1. The Morgan fingerprint density at radius 1 is 1.11 bits per heavy atom. The highest BCUT2D eigenvalue weighted by molar-refractivity contribution is 6.02. The second-order valence-corrected chi connectivity index (χ2v) is 3.98. The van der Waals surface area contributed by atoms with E-state index in [1.54, 1.807) is 18.2 Å². The third kappa shape index (κ3) is 3.70. The number of carbonyl (C=O) groups is 2. The number of hydrogen-bond acceptors (Lipinski definition) is 3. The van der Waals surface area contributed by atoms with Crippen molar-refractivity contribution in [2.45, 2.75) is 12.8 Å². The van der Waals surface area contributed by atoms with E-state index in [1.807, 2.05) is 18.2 Å². The first-order valence-electron chi connectivity index (χ1n) is 5.82. The minimum Gasteiger partial charge on any atom is -0.481 e. The lowest BCUT2D eigenvalue weighted by molar-refractivity contribution is -0.137. The number of aliphatic carboxylic acids is 1. The van der Waals surface area contributed by atoms with Crippen LogP contribution in [0.3, 0.4) is 0 Å². The SMILES string of the molecule is O=C(O)CCc1ccc(C(=O)Nc2ccccc2)o1. The number of carbonyl (C=O) groups excluding carboxylic acids is 1. The molecule has 2 rings (SSSR count). The summed E-state index contributed by atoms with van der Waals surface area (Å²) in [6.07, 6.45) is 0.251. The number of para-hydroxylation sites is 1. The van der Waals surface area contributed by atoms with Gasteiger partial charge in [0.1, 0.15) is 5.76 Å². The molecular weight excluding hydrogens is 246 g/mol. The lowest BCUT2D eigenvalue weighted by Gasteiger charge is -2.01. The molecule has 1 amide bonds. The predicted molar refractivity (Wildman–Crippen MR) is 69.1 cm³/mol. The fraction of sp³-hybridized carbons (Fsp3) is 0.143. The fourth-order valence-corrected chi connectivity index (χ4v) is 1.58. The molecule has 1 aromatic carbocycles. The highest BCUT2D eigenvalue weighted by atomic mass is 16.4. The summed E-state index contributed by atoms with van der Waals surface area (Å²) in [4.78, 5) is 22.3. The predicted octanol–water partition coefficient (Wildman–Crippen LogP) is 2.55. The van der Waals surface area contributed by atoms with Crippen molar-refractivity contribution < 1.29 is 19.1 Å². The maximum Gasteiger partial charge on any atom is 0.303 e. The monoisotopic (exact) mass is 259 g/mol. The van der Waals surface area contributed by atoms with Crippen LogP contribution < -0.4 is 5.32 Å². The van der Waals surface area contributed by atoms with Crippen LogP contribution in [0.2, 0.25) is 0 Å². The molecule has 1 aromatic heterocycles. The second kappa shape index (κ2) is 5.86. The Kier molecular flexibility index (Phi) is 3.97. The van der Waals surface area contributed by atoms with Crippen LogP contribution in [-0.2, 0) is 11.2 Å². The van der Waals surface area contributed by atoms with Gasteiger partial charge in [-0.3, -0.25) is 9.59 Å². The first kappa shape index (κ1) is 12.9. The molecule has 0 aliphatic carbocycles. The Bertz CT molecular complexity index is 574. The molecule has 0 atom stereocenters. The van der Waals surface area contributed by atoms with E-state index < -0.39 is 5.97 Å². The van der Waals surface area contributed by atoms with Crippen molar-refractivity contribution >= 4 is 17.6 Å². The van der Waals surface area contributed by atoms with E-state index in [1.165, 1.54) is 6.07 Å². The Hall–Kier alpha value is -2.56. The normalized spacial score (nSPS) is 10.1. The number of rotatable bonds is 5. The molecule has 19 heavy (non-hydrogen) atoms. The van der Waals surface area contributed by atoms with Crippen molar-refractivity contribution in [1.29, 1.82) is 0 Å². The average molecular weight is 259 g/mol. The van der Waals surface area contributed by atoms with Crippen LogP contribution in [0.1, 0.15) is 22.7 Å². The molecule has 2 aromatic rings. The quantitative estimate of drug-likeness (QED) is 0.864. The standard InChI is InChI=1S/C14H13NO4/c16-13(17)9-7-11-6-8-12(19-11)14(18)15-10-4-2-1-3-5-10/h1-6,8H,7,9H2,(H,15,18)(H,16,17). The Morgan fingerprint density at radius 3 is 2.53 bits per heavy atom. The highest BCUT2D eigenvalue weighted by Gasteiger charge is 2.12. The van der Waals surface area contributed by atoms with Gasteiger partial charge in [0.15, 0.2) is 5.76 Å². The molecule has 0 radical (unpaired) electrons. The summed E-state index contributed by atoms with van der Waals surface area (Å²) in [5, 5.41) is 11.3. The van der Waals surface area contributed by atoms with Gasteiger partial charge in [0, 0.05) is 12.1 Å². The van der Waals surface area contributed by atoms with Crippen molar-refractivity contribution in [2.24, 2.45) is 0 Å². The van der Waals surface area contributed by atoms with E-state index >= 15 is 0 Å². The molecule has 98 valence electrons. The molecule has 2 N–H and O–H groups in total. The van der Waals surface area contributed by atoms with E-state index in [2.05, 4.69) is 5.32 Å². The number of carboxylic acids is 1. The van der Waals surface area contributed by atoms with E-state index in [-0.39, 0.29) is 24.5 Å². The van der Waals surface area contributed by atoms with Crippen LogP contribution in [-0.4, -0.2) is 17.0 Å². The lowest BCUT2D eigenvalue weighted by Crippen LogP contribution is -2.10. The number of furan rings is 1. The van der Waals surface area contributed by atoms with Gasteiger partial charge in [-0.05, 0) is 24.3 Å². The van der Waals surface area contributed by atoms with Crippen molar-refractivity contribution in [3.63, 3.8) is 0 Å². The van der Waals surface area contributed by atoms with Gasteiger partial charge < -0.3 is 14.8 Å². The molecule has 1 heterocycles. The highest BCUT2D eigenvalue weighted by Crippen LogP contribution is 2.13. The van der Waals surface area contributed by atoms with Crippen LogP contribution >= 0.6 is 0 Å².